The minimum atomic E-state index is 0.554. The van der Waals surface area contributed by atoms with Crippen LogP contribution in [0.1, 0.15) is 31.2 Å². The molecule has 0 saturated heterocycles. The fourth-order valence-corrected chi connectivity index (χ4v) is 1.87. The van der Waals surface area contributed by atoms with Crippen molar-refractivity contribution >= 4 is 16.5 Å². The molecule has 0 bridgehead atoms. The van der Waals surface area contributed by atoms with Crippen LogP contribution in [0.3, 0.4) is 0 Å². The van der Waals surface area contributed by atoms with E-state index in [0.717, 1.165) is 30.2 Å². The van der Waals surface area contributed by atoms with Crippen LogP contribution in [0.25, 0.3) is 0 Å². The quantitative estimate of drug-likeness (QED) is 0.855. The lowest BCUT2D eigenvalue weighted by Gasteiger charge is -2.01. The Labute approximate surface area is 97.7 Å². The van der Waals surface area contributed by atoms with Crippen LogP contribution in [0.5, 0.6) is 0 Å². The van der Waals surface area contributed by atoms with Gasteiger partial charge in [0.2, 0.25) is 0 Å². The van der Waals surface area contributed by atoms with E-state index < -0.39 is 0 Å². The molecule has 2 aromatic rings. The number of hydrogen-bond acceptors (Lipinski definition) is 6. The summed E-state index contributed by atoms with van der Waals surface area (Å²) in [5.74, 6) is 1.82. The van der Waals surface area contributed by atoms with E-state index in [-0.39, 0.29) is 0 Å². The summed E-state index contributed by atoms with van der Waals surface area (Å²) in [6.45, 7) is 4.65. The van der Waals surface area contributed by atoms with Crippen molar-refractivity contribution in [3.63, 3.8) is 0 Å². The number of nitrogens with zero attached hydrogens (tertiary/aromatic N) is 5. The van der Waals surface area contributed by atoms with E-state index in [2.05, 4.69) is 26.6 Å². The smallest absolute Gasteiger partial charge is 0.150 e. The number of nitrogens with two attached hydrogens (primary N) is 1. The molecule has 0 aliphatic carbocycles. The van der Waals surface area contributed by atoms with Crippen LogP contribution in [-0.4, -0.2) is 24.4 Å². The summed E-state index contributed by atoms with van der Waals surface area (Å²) in [6, 6.07) is 0. The van der Waals surface area contributed by atoms with Crippen LogP contribution >= 0.6 is 11.5 Å². The number of hydrogen-bond donors (Lipinski definition) is 1. The Morgan fingerprint density at radius 1 is 1.31 bits per heavy atom. The lowest BCUT2D eigenvalue weighted by molar-refractivity contribution is 0.626. The van der Waals surface area contributed by atoms with Crippen LogP contribution in [0.15, 0.2) is 0 Å². The monoisotopic (exact) mass is 238 g/mol. The normalized spacial score (nSPS) is 10.9. The molecule has 0 aromatic carbocycles. The van der Waals surface area contributed by atoms with Gasteiger partial charge in [-0.1, -0.05) is 18.3 Å². The first-order valence-corrected chi connectivity index (χ1v) is 6.01. The lowest BCUT2D eigenvalue weighted by Crippen LogP contribution is -2.08. The van der Waals surface area contributed by atoms with Gasteiger partial charge in [-0.15, -0.1) is 5.10 Å². The predicted molar refractivity (Wildman–Crippen MR) is 62.2 cm³/mol. The maximum Gasteiger partial charge on any atom is 0.150 e. The van der Waals surface area contributed by atoms with Gasteiger partial charge in [0.1, 0.15) is 16.5 Å². The topological polar surface area (TPSA) is 82.5 Å². The van der Waals surface area contributed by atoms with Crippen molar-refractivity contribution in [3.05, 3.63) is 17.3 Å². The molecule has 2 rings (SSSR count). The SMILES string of the molecule is CCc1nc(CC)n(Cc2nnsc2N)n1. The average Bonchev–Trinajstić information content (AvgIpc) is 2.86. The van der Waals surface area contributed by atoms with Gasteiger partial charge >= 0.3 is 0 Å². The zero-order valence-corrected chi connectivity index (χ0v) is 10.2. The molecule has 7 heteroatoms. The van der Waals surface area contributed by atoms with Crippen LogP contribution in [-0.2, 0) is 19.4 Å². The van der Waals surface area contributed by atoms with Crippen molar-refractivity contribution in [3.8, 4) is 0 Å². The maximum atomic E-state index is 5.75. The summed E-state index contributed by atoms with van der Waals surface area (Å²) < 4.78 is 5.66. The number of anilines is 1. The fourth-order valence-electron chi connectivity index (χ4n) is 1.43. The Bertz CT molecular complexity index is 474. The fraction of sp³-hybridized carbons (Fsp3) is 0.556. The van der Waals surface area contributed by atoms with Gasteiger partial charge in [-0.05, 0) is 0 Å². The number of rotatable bonds is 4. The van der Waals surface area contributed by atoms with Crippen molar-refractivity contribution in [2.75, 3.05) is 5.73 Å². The molecule has 0 saturated carbocycles. The molecule has 2 aromatic heterocycles. The van der Waals surface area contributed by atoms with Gasteiger partial charge in [-0.25, -0.2) is 9.67 Å². The molecule has 2 heterocycles. The van der Waals surface area contributed by atoms with E-state index in [1.165, 1.54) is 11.5 Å². The van der Waals surface area contributed by atoms with Gasteiger partial charge in [0.15, 0.2) is 5.82 Å². The van der Waals surface area contributed by atoms with Gasteiger partial charge in [0.25, 0.3) is 0 Å². The molecule has 0 fully saturated rings. The first-order chi connectivity index (χ1) is 7.74. The van der Waals surface area contributed by atoms with Gasteiger partial charge in [0, 0.05) is 24.4 Å². The molecule has 6 nitrogen and oxygen atoms in total. The molecule has 0 unspecified atom stereocenters. The zero-order valence-electron chi connectivity index (χ0n) is 9.34. The third kappa shape index (κ3) is 2.04. The molecule has 16 heavy (non-hydrogen) atoms. The highest BCUT2D eigenvalue weighted by Gasteiger charge is 2.11. The Balaban J connectivity index is 2.26. The lowest BCUT2D eigenvalue weighted by atomic mass is 10.4. The van der Waals surface area contributed by atoms with E-state index in [1.54, 1.807) is 0 Å². The zero-order chi connectivity index (χ0) is 11.5. The Kier molecular flexibility index (Phi) is 3.14. The Morgan fingerprint density at radius 3 is 2.69 bits per heavy atom. The molecule has 0 amide bonds. The molecule has 0 radical (unpaired) electrons. The molecule has 0 aliphatic heterocycles. The highest BCUT2D eigenvalue weighted by molar-refractivity contribution is 7.09. The predicted octanol–water partition coefficient (Wildman–Crippen LogP) is 0.885. The van der Waals surface area contributed by atoms with Crippen LogP contribution in [0.4, 0.5) is 5.00 Å². The summed E-state index contributed by atoms with van der Waals surface area (Å²) >= 11 is 1.20. The van der Waals surface area contributed by atoms with E-state index >= 15 is 0 Å². The highest BCUT2D eigenvalue weighted by atomic mass is 32.1. The van der Waals surface area contributed by atoms with Crippen LogP contribution in [0, 0.1) is 0 Å². The number of aromatic nitrogens is 5. The van der Waals surface area contributed by atoms with Crippen molar-refractivity contribution in [2.24, 2.45) is 0 Å². The summed E-state index contributed by atoms with van der Waals surface area (Å²) in [5, 5.41) is 9.03. The highest BCUT2D eigenvalue weighted by Crippen LogP contribution is 2.14. The Hall–Kier alpha value is -1.50. The molecule has 0 aliphatic rings. The summed E-state index contributed by atoms with van der Waals surface area (Å²) in [6.07, 6.45) is 1.69. The third-order valence-electron chi connectivity index (χ3n) is 2.31. The largest absolute Gasteiger partial charge is 0.388 e. The van der Waals surface area contributed by atoms with Crippen LogP contribution < -0.4 is 5.73 Å². The first-order valence-electron chi connectivity index (χ1n) is 5.23. The summed E-state index contributed by atoms with van der Waals surface area (Å²) in [5.41, 5.74) is 6.52. The first kappa shape index (κ1) is 11.0. The van der Waals surface area contributed by atoms with Gasteiger partial charge in [-0.3, -0.25) is 0 Å². The van der Waals surface area contributed by atoms with Crippen molar-refractivity contribution < 1.29 is 0 Å². The third-order valence-corrected chi connectivity index (χ3v) is 2.90. The summed E-state index contributed by atoms with van der Waals surface area (Å²) in [7, 11) is 0. The molecule has 2 N–H and O–H groups in total. The van der Waals surface area contributed by atoms with Crippen molar-refractivity contribution in [1.29, 1.82) is 0 Å². The second kappa shape index (κ2) is 4.56. The molecule has 86 valence electrons. The maximum absolute atomic E-state index is 5.75. The van der Waals surface area contributed by atoms with E-state index in [1.807, 2.05) is 11.6 Å². The van der Waals surface area contributed by atoms with Gasteiger partial charge in [0.05, 0.1) is 6.54 Å². The Morgan fingerprint density at radius 2 is 2.12 bits per heavy atom. The molecule has 0 spiro atoms. The average molecular weight is 238 g/mol. The molecule has 0 atom stereocenters. The van der Waals surface area contributed by atoms with E-state index in [0.29, 0.717) is 11.5 Å². The second-order valence-electron chi connectivity index (χ2n) is 3.39. The molecular weight excluding hydrogens is 224 g/mol. The minimum Gasteiger partial charge on any atom is -0.388 e. The van der Waals surface area contributed by atoms with Gasteiger partial charge in [-0.2, -0.15) is 5.10 Å². The number of nitrogen functional groups attached to an aromatic ring is 1. The van der Waals surface area contributed by atoms with Gasteiger partial charge < -0.3 is 5.73 Å². The van der Waals surface area contributed by atoms with Crippen molar-refractivity contribution in [1.82, 2.24) is 24.4 Å². The standard InChI is InChI=1S/C9H14N6S/c1-3-7-11-8(4-2)15(13-7)5-6-9(10)16-14-12-6/h3-5,10H2,1-2H3. The molecular formula is C9H14N6S. The van der Waals surface area contributed by atoms with Crippen molar-refractivity contribution in [2.45, 2.75) is 33.2 Å². The van der Waals surface area contributed by atoms with E-state index in [9.17, 15) is 0 Å². The minimum absolute atomic E-state index is 0.554. The van der Waals surface area contributed by atoms with Crippen LogP contribution in [0.2, 0.25) is 0 Å². The summed E-state index contributed by atoms with van der Waals surface area (Å²) in [4.78, 5) is 4.42. The number of aryl methyl sites for hydroxylation is 2. The second-order valence-corrected chi connectivity index (χ2v) is 4.18. The van der Waals surface area contributed by atoms with E-state index in [4.69, 9.17) is 5.73 Å².